The Morgan fingerprint density at radius 3 is 2.95 bits per heavy atom. The van der Waals surface area contributed by atoms with Crippen LogP contribution in [0.4, 0.5) is 4.39 Å². The van der Waals surface area contributed by atoms with Gasteiger partial charge in [0.2, 0.25) is 0 Å². The van der Waals surface area contributed by atoms with Gasteiger partial charge in [0.1, 0.15) is 11.6 Å². The molecule has 20 heavy (non-hydrogen) atoms. The average Bonchev–Trinajstić information content (AvgIpc) is 2.48. The lowest BCUT2D eigenvalue weighted by Crippen LogP contribution is -2.48. The Morgan fingerprint density at radius 1 is 1.50 bits per heavy atom. The Bertz CT molecular complexity index is 533. The predicted octanol–water partition coefficient (Wildman–Crippen LogP) is 0.545. The van der Waals surface area contributed by atoms with E-state index in [0.29, 0.717) is 0 Å². The van der Waals surface area contributed by atoms with Crippen LogP contribution in [-0.2, 0) is 14.3 Å². The van der Waals surface area contributed by atoms with E-state index in [1.165, 1.54) is 12.0 Å². The minimum absolute atomic E-state index is 0.00145. The lowest BCUT2D eigenvalue weighted by molar-refractivity contribution is -0.158. The summed E-state index contributed by atoms with van der Waals surface area (Å²) in [5.74, 6) is -2.06. The fourth-order valence-corrected chi connectivity index (χ4v) is 1.96. The van der Waals surface area contributed by atoms with Crippen molar-refractivity contribution in [3.63, 3.8) is 0 Å². The van der Waals surface area contributed by atoms with Gasteiger partial charge in [-0.2, -0.15) is 0 Å². The van der Waals surface area contributed by atoms with Crippen LogP contribution >= 0.6 is 0 Å². The van der Waals surface area contributed by atoms with E-state index in [1.54, 1.807) is 0 Å². The summed E-state index contributed by atoms with van der Waals surface area (Å²) < 4.78 is 22.9. The van der Waals surface area contributed by atoms with Crippen LogP contribution in [0.25, 0.3) is 0 Å². The number of esters is 1. The molecule has 0 spiro atoms. The standard InChI is InChI=1S/C13H14FNO5/c1-19-13(18)11-7-15(4-5-20-11)12(17)9-6-8(14)2-3-10(9)16/h2-3,6,11,16H,4-5,7H2,1H3. The molecule has 1 unspecified atom stereocenters. The summed E-state index contributed by atoms with van der Waals surface area (Å²) >= 11 is 0. The molecule has 0 aromatic heterocycles. The number of carbonyl (C=O) groups excluding carboxylic acids is 2. The molecular weight excluding hydrogens is 269 g/mol. The molecule has 1 fully saturated rings. The van der Waals surface area contributed by atoms with Crippen LogP contribution in [0.5, 0.6) is 5.75 Å². The number of ether oxygens (including phenoxy) is 2. The molecule has 1 heterocycles. The molecule has 108 valence electrons. The third kappa shape index (κ3) is 2.88. The maximum Gasteiger partial charge on any atom is 0.336 e. The van der Waals surface area contributed by atoms with Crippen molar-refractivity contribution >= 4 is 11.9 Å². The monoisotopic (exact) mass is 283 g/mol. The molecule has 1 amide bonds. The van der Waals surface area contributed by atoms with Crippen molar-refractivity contribution in [2.24, 2.45) is 0 Å². The van der Waals surface area contributed by atoms with Gasteiger partial charge in [0.05, 0.1) is 25.8 Å². The lowest BCUT2D eigenvalue weighted by atomic mass is 10.1. The van der Waals surface area contributed by atoms with Crippen LogP contribution in [0, 0.1) is 5.82 Å². The van der Waals surface area contributed by atoms with Gasteiger partial charge in [-0.25, -0.2) is 9.18 Å². The molecule has 1 atom stereocenters. The number of amides is 1. The Labute approximate surface area is 114 Å². The second-order valence-electron chi connectivity index (χ2n) is 4.30. The molecule has 0 bridgehead atoms. The van der Waals surface area contributed by atoms with Crippen LogP contribution in [0.3, 0.4) is 0 Å². The van der Waals surface area contributed by atoms with Crippen molar-refractivity contribution in [2.75, 3.05) is 26.8 Å². The van der Waals surface area contributed by atoms with Gasteiger partial charge in [-0.05, 0) is 18.2 Å². The zero-order valence-corrected chi connectivity index (χ0v) is 10.8. The molecule has 7 heteroatoms. The quantitative estimate of drug-likeness (QED) is 0.802. The van der Waals surface area contributed by atoms with Crippen LogP contribution in [-0.4, -0.2) is 54.8 Å². The molecule has 1 aliphatic heterocycles. The van der Waals surface area contributed by atoms with Crippen LogP contribution in [0.1, 0.15) is 10.4 Å². The number of nitrogens with zero attached hydrogens (tertiary/aromatic N) is 1. The number of phenolic OH excluding ortho intramolecular Hbond substituents is 1. The van der Waals surface area contributed by atoms with Crippen LogP contribution in [0.2, 0.25) is 0 Å². The fourth-order valence-electron chi connectivity index (χ4n) is 1.96. The van der Waals surface area contributed by atoms with Crippen molar-refractivity contribution < 1.29 is 28.6 Å². The number of rotatable bonds is 2. The topological polar surface area (TPSA) is 76.1 Å². The second-order valence-corrected chi connectivity index (χ2v) is 4.30. The third-order valence-corrected chi connectivity index (χ3v) is 3.01. The van der Waals surface area contributed by atoms with Crippen LogP contribution in [0.15, 0.2) is 18.2 Å². The molecule has 6 nitrogen and oxygen atoms in total. The van der Waals surface area contributed by atoms with E-state index in [9.17, 15) is 19.1 Å². The first kappa shape index (κ1) is 14.3. The number of hydrogen-bond donors (Lipinski definition) is 1. The Kier molecular flexibility index (Phi) is 4.19. The molecule has 0 radical (unpaired) electrons. The highest BCUT2D eigenvalue weighted by atomic mass is 19.1. The first-order valence-corrected chi connectivity index (χ1v) is 6.00. The first-order chi connectivity index (χ1) is 9.52. The summed E-state index contributed by atoms with van der Waals surface area (Å²) in [5, 5.41) is 9.62. The van der Waals surface area contributed by atoms with Gasteiger partial charge in [0.15, 0.2) is 6.10 Å². The third-order valence-electron chi connectivity index (χ3n) is 3.01. The molecular formula is C13H14FNO5. The highest BCUT2D eigenvalue weighted by Crippen LogP contribution is 2.21. The molecule has 0 saturated carbocycles. The summed E-state index contributed by atoms with van der Waals surface area (Å²) in [6.45, 7) is 0.422. The number of phenols is 1. The molecule has 1 aromatic carbocycles. The van der Waals surface area contributed by atoms with Crippen molar-refractivity contribution in [3.8, 4) is 5.75 Å². The maximum absolute atomic E-state index is 13.2. The summed E-state index contributed by atoms with van der Waals surface area (Å²) in [7, 11) is 1.23. The predicted molar refractivity (Wildman–Crippen MR) is 65.7 cm³/mol. The summed E-state index contributed by atoms with van der Waals surface area (Å²) in [6.07, 6.45) is -0.867. The van der Waals surface area contributed by atoms with E-state index < -0.39 is 23.8 Å². The summed E-state index contributed by atoms with van der Waals surface area (Å²) in [5.41, 5.74) is -0.143. The van der Waals surface area contributed by atoms with Crippen molar-refractivity contribution in [1.82, 2.24) is 4.90 Å². The van der Waals surface area contributed by atoms with Crippen molar-refractivity contribution in [3.05, 3.63) is 29.6 Å². The first-order valence-electron chi connectivity index (χ1n) is 6.00. The largest absolute Gasteiger partial charge is 0.507 e. The summed E-state index contributed by atoms with van der Waals surface area (Å²) in [4.78, 5) is 24.9. The average molecular weight is 283 g/mol. The van der Waals surface area contributed by atoms with E-state index >= 15 is 0 Å². The molecule has 1 aromatic rings. The van der Waals surface area contributed by atoms with E-state index in [4.69, 9.17) is 4.74 Å². The van der Waals surface area contributed by atoms with E-state index in [1.807, 2.05) is 0 Å². The SMILES string of the molecule is COC(=O)C1CN(C(=O)c2cc(F)ccc2O)CCO1. The zero-order chi connectivity index (χ0) is 14.7. The molecule has 1 aliphatic rings. The van der Waals surface area contributed by atoms with E-state index in [-0.39, 0.29) is 31.0 Å². The van der Waals surface area contributed by atoms with Crippen molar-refractivity contribution in [2.45, 2.75) is 6.10 Å². The lowest BCUT2D eigenvalue weighted by Gasteiger charge is -2.31. The van der Waals surface area contributed by atoms with Gasteiger partial charge < -0.3 is 19.5 Å². The Balaban J connectivity index is 2.16. The minimum Gasteiger partial charge on any atom is -0.507 e. The normalized spacial score (nSPS) is 18.7. The number of carbonyl (C=O) groups is 2. The van der Waals surface area contributed by atoms with Crippen LogP contribution < -0.4 is 0 Å². The smallest absolute Gasteiger partial charge is 0.336 e. The number of halogens is 1. The van der Waals surface area contributed by atoms with Crippen molar-refractivity contribution in [1.29, 1.82) is 0 Å². The summed E-state index contributed by atoms with van der Waals surface area (Å²) in [6, 6.07) is 3.13. The highest BCUT2D eigenvalue weighted by Gasteiger charge is 2.31. The maximum atomic E-state index is 13.2. The Hall–Kier alpha value is -2.15. The van der Waals surface area contributed by atoms with Gasteiger partial charge in [-0.15, -0.1) is 0 Å². The number of benzene rings is 1. The molecule has 2 rings (SSSR count). The van der Waals surface area contributed by atoms with Gasteiger partial charge in [0.25, 0.3) is 5.91 Å². The van der Waals surface area contributed by atoms with E-state index in [0.717, 1.165) is 18.2 Å². The van der Waals surface area contributed by atoms with E-state index in [2.05, 4.69) is 4.74 Å². The van der Waals surface area contributed by atoms with Gasteiger partial charge in [-0.1, -0.05) is 0 Å². The van der Waals surface area contributed by atoms with Gasteiger partial charge >= 0.3 is 5.97 Å². The molecule has 0 aliphatic carbocycles. The minimum atomic E-state index is -0.867. The van der Waals surface area contributed by atoms with Gasteiger partial charge in [0, 0.05) is 6.54 Å². The van der Waals surface area contributed by atoms with Gasteiger partial charge in [-0.3, -0.25) is 4.79 Å². The number of morpholine rings is 1. The molecule has 1 saturated heterocycles. The number of hydrogen-bond acceptors (Lipinski definition) is 5. The fraction of sp³-hybridized carbons (Fsp3) is 0.385. The number of aromatic hydroxyl groups is 1. The zero-order valence-electron chi connectivity index (χ0n) is 10.8. The second kappa shape index (κ2) is 5.87. The number of methoxy groups -OCH3 is 1. The molecule has 1 N–H and O–H groups in total. The highest BCUT2D eigenvalue weighted by molar-refractivity contribution is 5.97. The Morgan fingerprint density at radius 2 is 2.25 bits per heavy atom.